The Morgan fingerprint density at radius 1 is 1.42 bits per heavy atom. The Kier molecular flexibility index (Phi) is 3.50. The van der Waals surface area contributed by atoms with Gasteiger partial charge in [0.15, 0.2) is 0 Å². The van der Waals surface area contributed by atoms with Gasteiger partial charge < -0.3 is 10.6 Å². The standard InChI is InChI=1S/C15H19ClN2O/c1-9-12(16)6-3-7-13(9)18-15(19)14-11-5-2-4-10(11)8-17-14/h3,6-7,10-11,14,17H,2,4-5,8H2,1H3,(H,18,19). The van der Waals surface area contributed by atoms with Crippen LogP contribution < -0.4 is 10.6 Å². The van der Waals surface area contributed by atoms with E-state index in [1.807, 2.05) is 25.1 Å². The van der Waals surface area contributed by atoms with Gasteiger partial charge in [-0.1, -0.05) is 24.1 Å². The molecule has 2 aliphatic rings. The van der Waals surface area contributed by atoms with Crippen LogP contribution in [0.5, 0.6) is 0 Å². The fourth-order valence-electron chi connectivity index (χ4n) is 3.43. The molecule has 1 saturated heterocycles. The maximum atomic E-state index is 12.4. The molecule has 3 nitrogen and oxygen atoms in total. The lowest BCUT2D eigenvalue weighted by atomic mass is 9.93. The van der Waals surface area contributed by atoms with Gasteiger partial charge >= 0.3 is 0 Å². The van der Waals surface area contributed by atoms with Gasteiger partial charge in [0.05, 0.1) is 6.04 Å². The summed E-state index contributed by atoms with van der Waals surface area (Å²) in [6.07, 6.45) is 3.69. The molecule has 1 aromatic carbocycles. The summed E-state index contributed by atoms with van der Waals surface area (Å²) in [7, 11) is 0. The van der Waals surface area contributed by atoms with Crippen LogP contribution in [-0.2, 0) is 4.79 Å². The smallest absolute Gasteiger partial charge is 0.241 e. The third-order valence-corrected chi connectivity index (χ3v) is 4.96. The molecule has 4 heteroatoms. The summed E-state index contributed by atoms with van der Waals surface area (Å²) in [5.74, 6) is 1.29. The van der Waals surface area contributed by atoms with Gasteiger partial charge in [0.2, 0.25) is 5.91 Å². The van der Waals surface area contributed by atoms with Crippen LogP contribution in [0.2, 0.25) is 5.02 Å². The van der Waals surface area contributed by atoms with Crippen LogP contribution >= 0.6 is 11.6 Å². The fourth-order valence-corrected chi connectivity index (χ4v) is 3.60. The Hall–Kier alpha value is -1.06. The van der Waals surface area contributed by atoms with Crippen LogP contribution in [0.1, 0.15) is 24.8 Å². The van der Waals surface area contributed by atoms with E-state index in [1.165, 1.54) is 19.3 Å². The van der Waals surface area contributed by atoms with E-state index in [1.54, 1.807) is 0 Å². The first-order valence-corrected chi connectivity index (χ1v) is 7.34. The Morgan fingerprint density at radius 2 is 2.26 bits per heavy atom. The number of rotatable bonds is 2. The number of carbonyl (C=O) groups excluding carboxylic acids is 1. The lowest BCUT2D eigenvalue weighted by Crippen LogP contribution is -2.39. The molecule has 3 unspecified atom stereocenters. The topological polar surface area (TPSA) is 41.1 Å². The number of halogens is 1. The quantitative estimate of drug-likeness (QED) is 0.873. The summed E-state index contributed by atoms with van der Waals surface area (Å²) in [5, 5.41) is 7.08. The van der Waals surface area contributed by atoms with E-state index in [4.69, 9.17) is 11.6 Å². The van der Waals surface area contributed by atoms with Crippen molar-refractivity contribution in [1.29, 1.82) is 0 Å². The van der Waals surface area contributed by atoms with Gasteiger partial charge in [-0.3, -0.25) is 4.79 Å². The van der Waals surface area contributed by atoms with Gasteiger partial charge in [-0.05, 0) is 55.8 Å². The number of fused-ring (bicyclic) bond motifs is 1. The molecular weight excluding hydrogens is 260 g/mol. The molecule has 102 valence electrons. The second-order valence-corrected chi connectivity index (χ2v) is 6.05. The number of nitrogens with one attached hydrogen (secondary N) is 2. The zero-order chi connectivity index (χ0) is 13.4. The van der Waals surface area contributed by atoms with E-state index in [2.05, 4.69) is 10.6 Å². The van der Waals surface area contributed by atoms with Crippen LogP contribution in [0, 0.1) is 18.8 Å². The maximum Gasteiger partial charge on any atom is 0.241 e. The molecule has 0 bridgehead atoms. The minimum Gasteiger partial charge on any atom is -0.324 e. The minimum absolute atomic E-state index is 0.0362. The van der Waals surface area contributed by atoms with Crippen LogP contribution in [0.25, 0.3) is 0 Å². The van der Waals surface area contributed by atoms with Crippen molar-refractivity contribution in [2.45, 2.75) is 32.2 Å². The average Bonchev–Trinajstić information content (AvgIpc) is 2.96. The predicted octanol–water partition coefficient (Wildman–Crippen LogP) is 2.98. The summed E-state index contributed by atoms with van der Waals surface area (Å²) < 4.78 is 0. The molecule has 0 spiro atoms. The van der Waals surface area contributed by atoms with Gasteiger partial charge in [0.1, 0.15) is 0 Å². The molecule has 2 N–H and O–H groups in total. The highest BCUT2D eigenvalue weighted by molar-refractivity contribution is 6.31. The van der Waals surface area contributed by atoms with Crippen molar-refractivity contribution in [2.75, 3.05) is 11.9 Å². The SMILES string of the molecule is Cc1c(Cl)cccc1NC(=O)C1NCC2CCCC21. The average molecular weight is 279 g/mol. The van der Waals surface area contributed by atoms with Crippen molar-refractivity contribution in [3.8, 4) is 0 Å². The predicted molar refractivity (Wildman–Crippen MR) is 77.4 cm³/mol. The summed E-state index contributed by atoms with van der Waals surface area (Å²) >= 11 is 6.08. The molecule has 0 radical (unpaired) electrons. The second kappa shape index (κ2) is 5.14. The first-order valence-electron chi connectivity index (χ1n) is 6.96. The van der Waals surface area contributed by atoms with Gasteiger partial charge in [0.25, 0.3) is 0 Å². The molecule has 0 aromatic heterocycles. The molecule has 1 heterocycles. The summed E-state index contributed by atoms with van der Waals surface area (Å²) in [5.41, 5.74) is 1.75. The third-order valence-electron chi connectivity index (χ3n) is 4.55. The Morgan fingerprint density at radius 3 is 3.11 bits per heavy atom. The zero-order valence-electron chi connectivity index (χ0n) is 11.1. The highest BCUT2D eigenvalue weighted by atomic mass is 35.5. The third kappa shape index (κ3) is 2.37. The molecule has 3 atom stereocenters. The summed E-state index contributed by atoms with van der Waals surface area (Å²) in [6.45, 7) is 2.91. The summed E-state index contributed by atoms with van der Waals surface area (Å²) in [4.78, 5) is 12.4. The van der Waals surface area contributed by atoms with Gasteiger partial charge in [-0.15, -0.1) is 0 Å². The van der Waals surface area contributed by atoms with Crippen molar-refractivity contribution in [3.05, 3.63) is 28.8 Å². The number of benzene rings is 1. The lowest BCUT2D eigenvalue weighted by Gasteiger charge is -2.18. The van der Waals surface area contributed by atoms with Crippen molar-refractivity contribution in [3.63, 3.8) is 0 Å². The molecule has 3 rings (SSSR count). The van der Waals surface area contributed by atoms with Gasteiger partial charge in [-0.2, -0.15) is 0 Å². The number of amides is 1. The second-order valence-electron chi connectivity index (χ2n) is 5.64. The number of hydrogen-bond acceptors (Lipinski definition) is 2. The summed E-state index contributed by atoms with van der Waals surface area (Å²) in [6, 6.07) is 5.57. The van der Waals surface area contributed by atoms with E-state index in [0.29, 0.717) is 16.9 Å². The number of hydrogen-bond donors (Lipinski definition) is 2. The molecule has 1 amide bonds. The Balaban J connectivity index is 1.73. The highest BCUT2D eigenvalue weighted by Crippen LogP contribution is 2.38. The van der Waals surface area contributed by atoms with Crippen LogP contribution in [-0.4, -0.2) is 18.5 Å². The molecule has 1 saturated carbocycles. The van der Waals surface area contributed by atoms with Gasteiger partial charge in [0, 0.05) is 10.7 Å². The number of carbonyl (C=O) groups is 1. The van der Waals surface area contributed by atoms with E-state index in [9.17, 15) is 4.79 Å². The minimum atomic E-state index is -0.0362. The fraction of sp³-hybridized carbons (Fsp3) is 0.533. The van der Waals surface area contributed by atoms with E-state index in [-0.39, 0.29) is 11.9 Å². The molecule has 1 aliphatic heterocycles. The largest absolute Gasteiger partial charge is 0.324 e. The van der Waals surface area contributed by atoms with Crippen molar-refractivity contribution < 1.29 is 4.79 Å². The first kappa shape index (κ1) is 12.9. The Bertz CT molecular complexity index is 503. The monoisotopic (exact) mass is 278 g/mol. The zero-order valence-corrected chi connectivity index (χ0v) is 11.8. The van der Waals surface area contributed by atoms with Crippen LogP contribution in [0.15, 0.2) is 18.2 Å². The molecular formula is C15H19ClN2O. The normalized spacial score (nSPS) is 29.3. The van der Waals surface area contributed by atoms with Crippen molar-refractivity contribution in [1.82, 2.24) is 5.32 Å². The molecule has 19 heavy (non-hydrogen) atoms. The maximum absolute atomic E-state index is 12.4. The molecule has 2 fully saturated rings. The van der Waals surface area contributed by atoms with E-state index in [0.717, 1.165) is 17.8 Å². The van der Waals surface area contributed by atoms with E-state index >= 15 is 0 Å². The lowest BCUT2D eigenvalue weighted by molar-refractivity contribution is -0.118. The van der Waals surface area contributed by atoms with Crippen molar-refractivity contribution in [2.24, 2.45) is 11.8 Å². The number of anilines is 1. The van der Waals surface area contributed by atoms with E-state index < -0.39 is 0 Å². The Labute approximate surface area is 118 Å². The van der Waals surface area contributed by atoms with Gasteiger partial charge in [-0.25, -0.2) is 0 Å². The van der Waals surface area contributed by atoms with Crippen LogP contribution in [0.3, 0.4) is 0 Å². The molecule has 1 aliphatic carbocycles. The highest BCUT2D eigenvalue weighted by Gasteiger charge is 2.42. The van der Waals surface area contributed by atoms with Crippen LogP contribution in [0.4, 0.5) is 5.69 Å². The first-order chi connectivity index (χ1) is 9.16. The van der Waals surface area contributed by atoms with Crippen molar-refractivity contribution >= 4 is 23.2 Å². The molecule has 1 aromatic rings.